The number of carbonyl (C=O) groups excluding carboxylic acids is 1. The van der Waals surface area contributed by atoms with Crippen molar-refractivity contribution in [2.24, 2.45) is 62.6 Å². The highest BCUT2D eigenvalue weighted by Gasteiger charge is 2.72. The van der Waals surface area contributed by atoms with Crippen molar-refractivity contribution in [3.63, 3.8) is 0 Å². The van der Waals surface area contributed by atoms with Crippen LogP contribution in [0.1, 0.15) is 141 Å². The number of hydrogen-bond acceptors (Lipinski definition) is 3. The van der Waals surface area contributed by atoms with Crippen LogP contribution in [-0.4, -0.2) is 34.6 Å². The zero-order chi connectivity index (χ0) is 33.4. The molecule has 6 nitrogen and oxygen atoms in total. The third-order valence-corrected chi connectivity index (χ3v) is 16.0. The summed E-state index contributed by atoms with van der Waals surface area (Å²) in [5, 5.41) is 21.8. The Morgan fingerprint density at radius 2 is 1.50 bits per heavy atom. The second-order valence-corrected chi connectivity index (χ2v) is 18.0. The topological polar surface area (TPSA) is 104 Å². The lowest BCUT2D eigenvalue weighted by molar-refractivity contribution is -0.239. The standard InChI is InChI=1S/C40H59NO5/c1-24(2)27-14-20-40(35(46)41-23-17-32(42)43)22-21-38(6)29(33(27)40)12-13-31-37(5)18-15-28(25-8-10-26(11-9-25)34(44)45)36(3,4)30(37)16-19-39(31,38)7/h8-11,24,27-31,33H,12-23H2,1-7H3,(H,41,46)(H,42,43)(H,44,45)/t27-,28+,29+,30-,31+,33+,37-,38+,39+,40-/m0/s1. The third kappa shape index (κ3) is 4.72. The lowest BCUT2D eigenvalue weighted by Crippen LogP contribution is -2.67. The van der Waals surface area contributed by atoms with Gasteiger partial charge in [0.2, 0.25) is 5.91 Å². The molecule has 0 aliphatic heterocycles. The van der Waals surface area contributed by atoms with Crippen LogP contribution in [0.3, 0.4) is 0 Å². The van der Waals surface area contributed by atoms with Gasteiger partial charge in [-0.25, -0.2) is 4.79 Å². The highest BCUT2D eigenvalue weighted by atomic mass is 16.4. The third-order valence-electron chi connectivity index (χ3n) is 16.0. The van der Waals surface area contributed by atoms with Crippen molar-refractivity contribution >= 4 is 17.8 Å². The normalized spacial score (nSPS) is 42.7. The Labute approximate surface area is 276 Å². The van der Waals surface area contributed by atoms with E-state index in [0.717, 1.165) is 32.1 Å². The molecule has 5 saturated carbocycles. The molecular formula is C40H59NO5. The molecule has 0 heterocycles. The lowest BCUT2D eigenvalue weighted by Gasteiger charge is -2.73. The number of fused-ring (bicyclic) bond motifs is 7. The van der Waals surface area contributed by atoms with E-state index >= 15 is 0 Å². The molecule has 6 heteroatoms. The predicted molar refractivity (Wildman–Crippen MR) is 180 cm³/mol. The van der Waals surface area contributed by atoms with Crippen LogP contribution in [0.5, 0.6) is 0 Å². The van der Waals surface area contributed by atoms with E-state index in [-0.39, 0.29) is 45.9 Å². The molecule has 5 aliphatic carbocycles. The van der Waals surface area contributed by atoms with Gasteiger partial charge < -0.3 is 15.5 Å². The number of benzene rings is 1. The van der Waals surface area contributed by atoms with Gasteiger partial charge in [0.1, 0.15) is 0 Å². The highest BCUT2D eigenvalue weighted by molar-refractivity contribution is 5.87. The van der Waals surface area contributed by atoms with Crippen molar-refractivity contribution in [2.45, 2.75) is 125 Å². The van der Waals surface area contributed by atoms with Crippen LogP contribution in [-0.2, 0) is 9.59 Å². The van der Waals surface area contributed by atoms with E-state index in [1.54, 1.807) is 12.1 Å². The van der Waals surface area contributed by atoms with E-state index < -0.39 is 11.9 Å². The van der Waals surface area contributed by atoms with Crippen LogP contribution in [0.25, 0.3) is 0 Å². The summed E-state index contributed by atoms with van der Waals surface area (Å²) < 4.78 is 0. The maximum Gasteiger partial charge on any atom is 0.335 e. The molecule has 1 amide bonds. The number of rotatable bonds is 7. The number of carbonyl (C=O) groups is 3. The maximum absolute atomic E-state index is 14.1. The smallest absolute Gasteiger partial charge is 0.335 e. The van der Waals surface area contributed by atoms with E-state index in [9.17, 15) is 24.6 Å². The van der Waals surface area contributed by atoms with E-state index in [0.29, 0.717) is 47.0 Å². The van der Waals surface area contributed by atoms with Gasteiger partial charge in [0.15, 0.2) is 0 Å². The van der Waals surface area contributed by atoms with Crippen LogP contribution in [0.15, 0.2) is 24.3 Å². The van der Waals surface area contributed by atoms with Crippen LogP contribution in [0.2, 0.25) is 0 Å². The molecule has 5 fully saturated rings. The summed E-state index contributed by atoms with van der Waals surface area (Å²) in [7, 11) is 0. The second-order valence-electron chi connectivity index (χ2n) is 18.0. The number of amides is 1. The molecule has 0 unspecified atom stereocenters. The Morgan fingerprint density at radius 3 is 2.13 bits per heavy atom. The lowest BCUT2D eigenvalue weighted by atomic mass is 9.31. The molecule has 3 N–H and O–H groups in total. The average Bonchev–Trinajstić information content (AvgIpc) is 3.38. The van der Waals surface area contributed by atoms with E-state index in [1.165, 1.54) is 37.7 Å². The van der Waals surface area contributed by atoms with Crippen molar-refractivity contribution in [3.05, 3.63) is 35.4 Å². The van der Waals surface area contributed by atoms with E-state index in [4.69, 9.17) is 0 Å². The Hall–Kier alpha value is -2.37. The quantitative estimate of drug-likeness (QED) is 0.278. The maximum atomic E-state index is 14.1. The molecule has 0 saturated heterocycles. The monoisotopic (exact) mass is 633 g/mol. The molecule has 0 bridgehead atoms. The first kappa shape index (κ1) is 33.5. The van der Waals surface area contributed by atoms with Gasteiger partial charge in [0.25, 0.3) is 0 Å². The minimum Gasteiger partial charge on any atom is -0.481 e. The fourth-order valence-corrected chi connectivity index (χ4v) is 13.7. The van der Waals surface area contributed by atoms with Crippen molar-refractivity contribution in [2.75, 3.05) is 6.54 Å². The number of hydrogen-bond donors (Lipinski definition) is 3. The summed E-state index contributed by atoms with van der Waals surface area (Å²) in [6.45, 7) is 17.8. The molecule has 0 aromatic heterocycles. The average molecular weight is 634 g/mol. The van der Waals surface area contributed by atoms with Crippen LogP contribution in [0.4, 0.5) is 0 Å². The summed E-state index contributed by atoms with van der Waals surface area (Å²) in [6, 6.07) is 7.70. The number of aromatic carboxylic acids is 1. The number of aliphatic carboxylic acids is 1. The summed E-state index contributed by atoms with van der Waals surface area (Å²) in [5.74, 6) is 2.01. The molecule has 10 atom stereocenters. The Kier molecular flexibility index (Phi) is 8.28. The molecule has 1 aromatic carbocycles. The zero-order valence-corrected chi connectivity index (χ0v) is 29.5. The van der Waals surface area contributed by atoms with Gasteiger partial charge in [-0.15, -0.1) is 0 Å². The molecular weight excluding hydrogens is 574 g/mol. The molecule has 0 radical (unpaired) electrons. The van der Waals surface area contributed by atoms with Gasteiger partial charge >= 0.3 is 11.9 Å². The summed E-state index contributed by atoms with van der Waals surface area (Å²) in [5.41, 5.74) is 2.02. The fraction of sp³-hybridized carbons (Fsp3) is 0.775. The van der Waals surface area contributed by atoms with E-state index in [2.05, 4.69) is 65.9 Å². The highest BCUT2D eigenvalue weighted by Crippen LogP contribution is 2.78. The molecule has 46 heavy (non-hydrogen) atoms. The largest absolute Gasteiger partial charge is 0.481 e. The predicted octanol–water partition coefficient (Wildman–Crippen LogP) is 8.80. The first-order chi connectivity index (χ1) is 21.5. The summed E-state index contributed by atoms with van der Waals surface area (Å²) >= 11 is 0. The molecule has 1 aromatic rings. The van der Waals surface area contributed by atoms with Crippen molar-refractivity contribution in [1.82, 2.24) is 5.32 Å². The van der Waals surface area contributed by atoms with Gasteiger partial charge in [0.05, 0.1) is 17.4 Å². The van der Waals surface area contributed by atoms with Gasteiger partial charge in [0, 0.05) is 6.54 Å². The molecule has 5 aliphatic rings. The first-order valence-electron chi connectivity index (χ1n) is 18.4. The first-order valence-corrected chi connectivity index (χ1v) is 18.4. The van der Waals surface area contributed by atoms with Crippen LogP contribution < -0.4 is 5.32 Å². The van der Waals surface area contributed by atoms with Gasteiger partial charge in [-0.05, 0) is 145 Å². The second kappa shape index (κ2) is 11.4. The van der Waals surface area contributed by atoms with Gasteiger partial charge in [-0.2, -0.15) is 0 Å². The van der Waals surface area contributed by atoms with Crippen molar-refractivity contribution < 1.29 is 24.6 Å². The fourth-order valence-electron chi connectivity index (χ4n) is 13.7. The Balaban J connectivity index is 1.30. The SMILES string of the molecule is CC(C)[C@@H]1CC[C@]2(C(=O)NCCC(=O)O)CC[C@]3(C)[C@H](CC[C@@H]4[C@@]5(C)CC[C@H](c6ccc(C(=O)O)cc6)C(C)(C)[C@@H]5CC[C@]43C)[C@@H]12. The summed E-state index contributed by atoms with van der Waals surface area (Å²) in [4.78, 5) is 36.8. The zero-order valence-electron chi connectivity index (χ0n) is 29.5. The van der Waals surface area contributed by atoms with Crippen molar-refractivity contribution in [1.29, 1.82) is 0 Å². The van der Waals surface area contributed by atoms with E-state index in [1.807, 2.05) is 0 Å². The summed E-state index contributed by atoms with van der Waals surface area (Å²) in [6.07, 6.45) is 11.3. The van der Waals surface area contributed by atoms with Crippen LogP contribution >= 0.6 is 0 Å². The Morgan fingerprint density at radius 1 is 0.804 bits per heavy atom. The van der Waals surface area contributed by atoms with Gasteiger partial charge in [-0.1, -0.05) is 60.6 Å². The minimum absolute atomic E-state index is 0.0222. The molecule has 0 spiro atoms. The van der Waals surface area contributed by atoms with Gasteiger partial charge in [-0.3, -0.25) is 9.59 Å². The number of carboxylic acid groups (broad SMARTS) is 2. The van der Waals surface area contributed by atoms with Crippen LogP contribution in [0, 0.1) is 62.6 Å². The molecule has 254 valence electrons. The van der Waals surface area contributed by atoms with Crippen molar-refractivity contribution in [3.8, 4) is 0 Å². The number of nitrogens with one attached hydrogen (secondary N) is 1. The Bertz CT molecular complexity index is 1370. The minimum atomic E-state index is -0.867. The number of carboxylic acids is 2. The molecule has 6 rings (SSSR count).